The molecule has 1 N–H and O–H groups in total. The van der Waals surface area contributed by atoms with E-state index in [1.165, 1.54) is 27.1 Å². The van der Waals surface area contributed by atoms with Crippen molar-refractivity contribution in [2.45, 2.75) is 6.29 Å². The van der Waals surface area contributed by atoms with Gasteiger partial charge < -0.3 is 18.9 Å². The number of rotatable bonds is 4. The van der Waals surface area contributed by atoms with E-state index in [4.69, 9.17) is 9.41 Å². The normalized spacial score (nSPS) is 14.9. The largest absolute Gasteiger partial charge is 0.456 e. The van der Waals surface area contributed by atoms with Gasteiger partial charge in [0.1, 0.15) is 11.2 Å². The van der Waals surface area contributed by atoms with Gasteiger partial charge in [-0.05, 0) is 65.7 Å². The first-order valence-corrected chi connectivity index (χ1v) is 17.3. The molecule has 5 nitrogen and oxygen atoms in total. The molecular formula is C46H30N4O. The van der Waals surface area contributed by atoms with Gasteiger partial charge in [-0.1, -0.05) is 115 Å². The van der Waals surface area contributed by atoms with Gasteiger partial charge in [0, 0.05) is 43.7 Å². The predicted molar refractivity (Wildman–Crippen MR) is 211 cm³/mol. The summed E-state index contributed by atoms with van der Waals surface area (Å²) in [4.78, 5) is 5.46. The summed E-state index contributed by atoms with van der Waals surface area (Å²) < 4.78 is 11.3. The van der Waals surface area contributed by atoms with Gasteiger partial charge in [-0.3, -0.25) is 0 Å². The number of fused-ring (bicyclic) bond motifs is 11. The van der Waals surface area contributed by atoms with Crippen LogP contribution in [0.3, 0.4) is 0 Å². The number of furan rings is 1. The lowest BCUT2D eigenvalue weighted by molar-refractivity contribution is 0.508. The Morgan fingerprint density at radius 2 is 1.08 bits per heavy atom. The Morgan fingerprint density at radius 1 is 0.471 bits per heavy atom. The summed E-state index contributed by atoms with van der Waals surface area (Å²) in [6.45, 7) is 0. The van der Waals surface area contributed by atoms with E-state index in [0.29, 0.717) is 0 Å². The third-order valence-corrected chi connectivity index (χ3v) is 10.3. The van der Waals surface area contributed by atoms with Crippen molar-refractivity contribution in [2.24, 2.45) is 4.99 Å². The molecule has 0 fully saturated rings. The van der Waals surface area contributed by atoms with Crippen molar-refractivity contribution in [2.75, 3.05) is 0 Å². The molecule has 0 spiro atoms. The summed E-state index contributed by atoms with van der Waals surface area (Å²) in [5.41, 5.74) is 11.6. The zero-order valence-electron chi connectivity index (χ0n) is 27.5. The maximum absolute atomic E-state index is 6.52. The highest BCUT2D eigenvalue weighted by atomic mass is 16.3. The van der Waals surface area contributed by atoms with Crippen molar-refractivity contribution in [3.8, 4) is 5.69 Å². The number of aliphatic imine (C=N–C) groups is 1. The number of aromatic nitrogens is 2. The number of nitrogens with one attached hydrogen (secondary N) is 1. The third-order valence-electron chi connectivity index (χ3n) is 10.3. The molecular weight excluding hydrogens is 625 g/mol. The molecule has 1 unspecified atom stereocenters. The molecule has 1 atom stereocenters. The summed E-state index contributed by atoms with van der Waals surface area (Å²) in [6.07, 6.45) is 1.75. The first-order valence-electron chi connectivity index (χ1n) is 17.3. The maximum Gasteiger partial charge on any atom is 0.201 e. The second-order valence-electron chi connectivity index (χ2n) is 13.2. The minimum Gasteiger partial charge on any atom is -0.456 e. The Balaban J connectivity index is 1.30. The standard InChI is InChI=1S/C46H30N4O/c1-4-14-29(15-5-1)34-28-35(30-16-6-2-7-17-30)48-46(47-34)50-38-25-24-37-42(32-20-10-12-22-36(32)49(37)31-18-8-3-9-19-31)44(38)45-39(50)26-27-41-43(45)33-21-11-13-23-40(33)51-41/h1-28,46-47H. The van der Waals surface area contributed by atoms with Crippen LogP contribution >= 0.6 is 0 Å². The van der Waals surface area contributed by atoms with Crippen molar-refractivity contribution in [1.29, 1.82) is 0 Å². The summed E-state index contributed by atoms with van der Waals surface area (Å²) in [5.74, 6) is 0. The van der Waals surface area contributed by atoms with Crippen molar-refractivity contribution in [3.63, 3.8) is 0 Å². The van der Waals surface area contributed by atoms with Crippen LogP contribution in [0.2, 0.25) is 0 Å². The number of nitrogens with zero attached hydrogens (tertiary/aromatic N) is 3. The fraction of sp³-hybridized carbons (Fsp3) is 0.0217. The Bertz CT molecular complexity index is 3040. The predicted octanol–water partition coefficient (Wildman–Crippen LogP) is 11.4. The SMILES string of the molecule is C1=C(c2ccccc2)NC(n2c3ccc4oc5ccccc5c4c3c3c4c5ccccc5n(-c5ccccc5)c4ccc32)N=C1c1ccccc1. The molecule has 4 heterocycles. The number of hydrogen-bond acceptors (Lipinski definition) is 3. The molecule has 1 aliphatic rings. The number of benzene rings is 7. The van der Waals surface area contributed by atoms with Crippen molar-refractivity contribution >= 4 is 77.0 Å². The first kappa shape index (κ1) is 28.0. The monoisotopic (exact) mass is 654 g/mol. The Labute approximate surface area is 293 Å². The highest BCUT2D eigenvalue weighted by Crippen LogP contribution is 2.46. The van der Waals surface area contributed by atoms with E-state index in [9.17, 15) is 0 Å². The number of hydrogen-bond donors (Lipinski definition) is 1. The van der Waals surface area contributed by atoms with Crippen LogP contribution in [0.25, 0.3) is 76.9 Å². The van der Waals surface area contributed by atoms with E-state index in [0.717, 1.165) is 66.7 Å². The Kier molecular flexibility index (Phi) is 5.95. The average molecular weight is 655 g/mol. The zero-order valence-corrected chi connectivity index (χ0v) is 27.5. The topological polar surface area (TPSA) is 47.4 Å². The lowest BCUT2D eigenvalue weighted by Gasteiger charge is -2.27. The summed E-state index contributed by atoms with van der Waals surface area (Å²) in [5, 5.41) is 10.9. The van der Waals surface area contributed by atoms with E-state index >= 15 is 0 Å². The van der Waals surface area contributed by atoms with Crippen LogP contribution in [0, 0.1) is 0 Å². The zero-order chi connectivity index (χ0) is 33.5. The van der Waals surface area contributed by atoms with Gasteiger partial charge >= 0.3 is 0 Å². The molecule has 7 aromatic carbocycles. The van der Waals surface area contributed by atoms with E-state index in [1.54, 1.807) is 0 Å². The molecule has 240 valence electrons. The first-order chi connectivity index (χ1) is 25.3. The lowest BCUT2D eigenvalue weighted by atomic mass is 10.0. The van der Waals surface area contributed by atoms with E-state index in [1.807, 2.05) is 6.07 Å². The highest BCUT2D eigenvalue weighted by Gasteiger charge is 2.28. The Morgan fingerprint density at radius 3 is 1.86 bits per heavy atom. The van der Waals surface area contributed by atoms with Crippen LogP contribution in [0.15, 0.2) is 179 Å². The van der Waals surface area contributed by atoms with Crippen molar-refractivity contribution < 1.29 is 4.42 Å². The van der Waals surface area contributed by atoms with Crippen LogP contribution < -0.4 is 5.32 Å². The molecule has 5 heteroatoms. The molecule has 3 aromatic heterocycles. The van der Waals surface area contributed by atoms with Gasteiger partial charge in [0.25, 0.3) is 0 Å². The Hall–Kier alpha value is -6.85. The fourth-order valence-electron chi connectivity index (χ4n) is 8.20. The van der Waals surface area contributed by atoms with Crippen LogP contribution in [-0.2, 0) is 0 Å². The van der Waals surface area contributed by atoms with E-state index in [-0.39, 0.29) is 0 Å². The van der Waals surface area contributed by atoms with Crippen LogP contribution in [0.5, 0.6) is 0 Å². The number of para-hydroxylation sites is 3. The molecule has 0 amide bonds. The molecule has 0 saturated heterocycles. The van der Waals surface area contributed by atoms with Gasteiger partial charge in [-0.15, -0.1) is 0 Å². The molecule has 0 radical (unpaired) electrons. The maximum atomic E-state index is 6.52. The molecule has 0 saturated carbocycles. The molecule has 10 aromatic rings. The van der Waals surface area contributed by atoms with Gasteiger partial charge in [0.05, 0.1) is 27.8 Å². The summed E-state index contributed by atoms with van der Waals surface area (Å²) >= 11 is 0. The summed E-state index contributed by atoms with van der Waals surface area (Å²) in [7, 11) is 0. The quantitative estimate of drug-likeness (QED) is 0.205. The minimum atomic E-state index is -0.420. The van der Waals surface area contributed by atoms with Crippen LogP contribution in [-0.4, -0.2) is 14.8 Å². The second-order valence-corrected chi connectivity index (χ2v) is 13.2. The van der Waals surface area contributed by atoms with Crippen LogP contribution in [0.1, 0.15) is 17.4 Å². The molecule has 0 bridgehead atoms. The van der Waals surface area contributed by atoms with Crippen molar-refractivity contribution in [1.82, 2.24) is 14.5 Å². The molecule has 11 rings (SSSR count). The van der Waals surface area contributed by atoms with Gasteiger partial charge in [-0.25, -0.2) is 4.99 Å². The van der Waals surface area contributed by atoms with Crippen molar-refractivity contribution in [3.05, 3.63) is 181 Å². The molecule has 0 aliphatic carbocycles. The average Bonchev–Trinajstić information content (AvgIpc) is 3.86. The van der Waals surface area contributed by atoms with Gasteiger partial charge in [0.2, 0.25) is 6.29 Å². The molecule has 1 aliphatic heterocycles. The third kappa shape index (κ3) is 4.12. The summed E-state index contributed by atoms with van der Waals surface area (Å²) in [6, 6.07) is 57.7. The van der Waals surface area contributed by atoms with Gasteiger partial charge in [0.15, 0.2) is 0 Å². The minimum absolute atomic E-state index is 0.420. The molecule has 51 heavy (non-hydrogen) atoms. The van der Waals surface area contributed by atoms with E-state index < -0.39 is 6.29 Å². The highest BCUT2D eigenvalue weighted by molar-refractivity contribution is 6.35. The second kappa shape index (κ2) is 10.8. The van der Waals surface area contributed by atoms with E-state index in [2.05, 4.69) is 178 Å². The number of allylic oxidation sites excluding steroid dienone is 1. The smallest absolute Gasteiger partial charge is 0.201 e. The van der Waals surface area contributed by atoms with Crippen LogP contribution in [0.4, 0.5) is 0 Å². The fourth-order valence-corrected chi connectivity index (χ4v) is 8.20. The van der Waals surface area contributed by atoms with Gasteiger partial charge in [-0.2, -0.15) is 0 Å². The lowest BCUT2D eigenvalue weighted by Crippen LogP contribution is -2.29.